The van der Waals surface area contributed by atoms with Gasteiger partial charge in [0.1, 0.15) is 0 Å². The summed E-state index contributed by atoms with van der Waals surface area (Å²) in [6.45, 7) is 2.63. The van der Waals surface area contributed by atoms with E-state index in [-0.39, 0.29) is 0 Å². The number of nitrogens with zero attached hydrogens (tertiary/aromatic N) is 1. The maximum absolute atomic E-state index is 11.1. The molecule has 0 saturated carbocycles. The van der Waals surface area contributed by atoms with Crippen molar-refractivity contribution < 1.29 is 8.42 Å². The number of nitrogens with one attached hydrogen (secondary N) is 3. The van der Waals surface area contributed by atoms with Gasteiger partial charge in [0.25, 0.3) is 0 Å². The predicted molar refractivity (Wildman–Crippen MR) is 75.6 cm³/mol. The van der Waals surface area contributed by atoms with Gasteiger partial charge in [-0.2, -0.15) is 5.10 Å². The summed E-state index contributed by atoms with van der Waals surface area (Å²) in [5.74, 6) is 0. The lowest BCUT2D eigenvalue weighted by molar-refractivity contribution is 0.607. The second kappa shape index (κ2) is 5.31. The minimum atomic E-state index is -3.23. The molecule has 0 aliphatic carbocycles. The van der Waals surface area contributed by atoms with Crippen LogP contribution in [0.25, 0.3) is 0 Å². The van der Waals surface area contributed by atoms with Gasteiger partial charge in [0.05, 0.1) is 12.5 Å². The fourth-order valence-corrected chi connectivity index (χ4v) is 2.19. The number of H-pyrrole nitrogens is 1. The van der Waals surface area contributed by atoms with E-state index in [1.165, 1.54) is 0 Å². The summed E-state index contributed by atoms with van der Waals surface area (Å²) in [5.41, 5.74) is 3.59. The Balaban J connectivity index is 1.97. The number of rotatable bonds is 5. The molecule has 0 aliphatic rings. The number of sulfonamides is 1. The summed E-state index contributed by atoms with van der Waals surface area (Å²) in [6, 6.07) is 7.07. The topological polar surface area (TPSA) is 86.9 Å². The van der Waals surface area contributed by atoms with Crippen LogP contribution in [0.3, 0.4) is 0 Å². The highest BCUT2D eigenvalue weighted by molar-refractivity contribution is 7.92. The molecule has 3 N–H and O–H groups in total. The van der Waals surface area contributed by atoms with Crippen LogP contribution >= 0.6 is 0 Å². The number of hydrogen-bond donors (Lipinski definition) is 3. The molecule has 0 spiro atoms. The molecule has 0 fully saturated rings. The summed E-state index contributed by atoms with van der Waals surface area (Å²) in [4.78, 5) is 0. The van der Waals surface area contributed by atoms with Crippen LogP contribution in [0.5, 0.6) is 0 Å². The lowest BCUT2D eigenvalue weighted by Crippen LogP contribution is -2.09. The molecule has 0 aliphatic heterocycles. The third-order valence-corrected chi connectivity index (χ3v) is 3.21. The monoisotopic (exact) mass is 280 g/mol. The number of aryl methyl sites for hydroxylation is 1. The molecule has 1 aromatic heterocycles. The Morgan fingerprint density at radius 2 is 1.84 bits per heavy atom. The molecule has 0 radical (unpaired) electrons. The molecule has 0 unspecified atom stereocenters. The minimum Gasteiger partial charge on any atom is -0.381 e. The van der Waals surface area contributed by atoms with Crippen LogP contribution < -0.4 is 10.0 Å². The fourth-order valence-electron chi connectivity index (χ4n) is 1.62. The predicted octanol–water partition coefficient (Wildman–Crippen LogP) is 1.70. The highest BCUT2D eigenvalue weighted by Gasteiger charge is 2.02. The summed E-state index contributed by atoms with van der Waals surface area (Å²) in [7, 11) is -3.23. The molecule has 0 saturated heterocycles. The molecule has 6 nitrogen and oxygen atoms in total. The van der Waals surface area contributed by atoms with Crippen LogP contribution in [0.15, 0.2) is 30.5 Å². The van der Waals surface area contributed by atoms with Crippen molar-refractivity contribution in [3.8, 4) is 0 Å². The van der Waals surface area contributed by atoms with Gasteiger partial charge >= 0.3 is 0 Å². The SMILES string of the molecule is Cc1[nH]ncc1CNc1ccc(NS(C)(=O)=O)cc1. The number of aromatic amines is 1. The van der Waals surface area contributed by atoms with Crippen molar-refractivity contribution in [1.29, 1.82) is 0 Å². The van der Waals surface area contributed by atoms with Crippen molar-refractivity contribution in [2.45, 2.75) is 13.5 Å². The van der Waals surface area contributed by atoms with E-state index in [1.807, 2.05) is 19.1 Å². The first kappa shape index (κ1) is 13.4. The molecule has 1 heterocycles. The van der Waals surface area contributed by atoms with Crippen molar-refractivity contribution >= 4 is 21.4 Å². The van der Waals surface area contributed by atoms with Gasteiger partial charge in [-0.15, -0.1) is 0 Å². The largest absolute Gasteiger partial charge is 0.381 e. The van der Waals surface area contributed by atoms with Crippen LogP contribution in [0, 0.1) is 6.92 Å². The van der Waals surface area contributed by atoms with Gasteiger partial charge in [0.15, 0.2) is 0 Å². The second-order valence-corrected chi connectivity index (χ2v) is 6.07. The Morgan fingerprint density at radius 1 is 1.21 bits per heavy atom. The summed E-state index contributed by atoms with van der Waals surface area (Å²) in [6.07, 6.45) is 2.91. The Kier molecular flexibility index (Phi) is 3.75. The standard InChI is InChI=1S/C12H16N4O2S/c1-9-10(8-14-15-9)7-13-11-3-5-12(6-4-11)16-19(2,17)18/h3-6,8,13,16H,7H2,1-2H3,(H,14,15). The highest BCUT2D eigenvalue weighted by Crippen LogP contribution is 2.15. The number of aromatic nitrogens is 2. The third-order valence-electron chi connectivity index (χ3n) is 2.61. The van der Waals surface area contributed by atoms with E-state index in [2.05, 4.69) is 20.2 Å². The summed E-state index contributed by atoms with van der Waals surface area (Å²) in [5, 5.41) is 10.1. The van der Waals surface area contributed by atoms with Crippen LogP contribution in [-0.2, 0) is 16.6 Å². The summed E-state index contributed by atoms with van der Waals surface area (Å²) >= 11 is 0. The normalized spacial score (nSPS) is 11.3. The highest BCUT2D eigenvalue weighted by atomic mass is 32.2. The third kappa shape index (κ3) is 3.99. The fraction of sp³-hybridized carbons (Fsp3) is 0.250. The maximum Gasteiger partial charge on any atom is 0.229 e. The molecule has 0 bridgehead atoms. The zero-order chi connectivity index (χ0) is 13.9. The van der Waals surface area contributed by atoms with E-state index in [1.54, 1.807) is 18.3 Å². The number of anilines is 2. The Labute approximate surface area is 112 Å². The molecule has 1 aromatic carbocycles. The zero-order valence-electron chi connectivity index (χ0n) is 10.8. The van der Waals surface area contributed by atoms with Gasteiger partial charge in [-0.1, -0.05) is 0 Å². The van der Waals surface area contributed by atoms with Crippen molar-refractivity contribution in [2.75, 3.05) is 16.3 Å². The lowest BCUT2D eigenvalue weighted by Gasteiger charge is -2.08. The van der Waals surface area contributed by atoms with Crippen LogP contribution in [0.4, 0.5) is 11.4 Å². The second-order valence-electron chi connectivity index (χ2n) is 4.33. The van der Waals surface area contributed by atoms with E-state index in [0.29, 0.717) is 12.2 Å². The van der Waals surface area contributed by atoms with E-state index in [4.69, 9.17) is 0 Å². The van der Waals surface area contributed by atoms with Gasteiger partial charge in [-0.25, -0.2) is 8.42 Å². The van der Waals surface area contributed by atoms with Crippen molar-refractivity contribution in [3.05, 3.63) is 41.7 Å². The molecule has 2 aromatic rings. The molecular weight excluding hydrogens is 264 g/mol. The number of hydrogen-bond acceptors (Lipinski definition) is 4. The Bertz CT molecular complexity index is 647. The number of benzene rings is 1. The molecule has 0 amide bonds. The Hall–Kier alpha value is -2.02. The average Bonchev–Trinajstić information content (AvgIpc) is 2.72. The first-order valence-electron chi connectivity index (χ1n) is 5.74. The Morgan fingerprint density at radius 3 is 2.37 bits per heavy atom. The quantitative estimate of drug-likeness (QED) is 0.778. The molecule has 102 valence electrons. The average molecular weight is 280 g/mol. The van der Waals surface area contributed by atoms with Gasteiger partial charge in [-0.3, -0.25) is 9.82 Å². The minimum absolute atomic E-state index is 0.549. The van der Waals surface area contributed by atoms with Crippen LogP contribution in [0.2, 0.25) is 0 Å². The van der Waals surface area contributed by atoms with E-state index >= 15 is 0 Å². The first-order valence-corrected chi connectivity index (χ1v) is 7.64. The molecule has 19 heavy (non-hydrogen) atoms. The van der Waals surface area contributed by atoms with E-state index in [0.717, 1.165) is 23.2 Å². The van der Waals surface area contributed by atoms with Crippen molar-refractivity contribution in [2.24, 2.45) is 0 Å². The van der Waals surface area contributed by atoms with Gasteiger partial charge in [0.2, 0.25) is 10.0 Å². The molecular formula is C12H16N4O2S. The first-order chi connectivity index (χ1) is 8.94. The van der Waals surface area contributed by atoms with E-state index < -0.39 is 10.0 Å². The van der Waals surface area contributed by atoms with Crippen molar-refractivity contribution in [3.63, 3.8) is 0 Å². The smallest absolute Gasteiger partial charge is 0.229 e. The molecule has 2 rings (SSSR count). The zero-order valence-corrected chi connectivity index (χ0v) is 11.6. The van der Waals surface area contributed by atoms with E-state index in [9.17, 15) is 8.42 Å². The van der Waals surface area contributed by atoms with Gasteiger partial charge in [0, 0.05) is 29.2 Å². The van der Waals surface area contributed by atoms with Crippen LogP contribution in [0.1, 0.15) is 11.3 Å². The lowest BCUT2D eigenvalue weighted by atomic mass is 10.2. The van der Waals surface area contributed by atoms with Gasteiger partial charge < -0.3 is 5.32 Å². The van der Waals surface area contributed by atoms with Crippen molar-refractivity contribution in [1.82, 2.24) is 10.2 Å². The van der Waals surface area contributed by atoms with Gasteiger partial charge in [-0.05, 0) is 31.2 Å². The maximum atomic E-state index is 11.1. The summed E-state index contributed by atoms with van der Waals surface area (Å²) < 4.78 is 24.6. The van der Waals surface area contributed by atoms with Crippen LogP contribution in [-0.4, -0.2) is 24.9 Å². The molecule has 0 atom stereocenters. The molecule has 7 heteroatoms.